The molecule has 5 heteroatoms. The molecule has 2 aromatic carbocycles. The van der Waals surface area contributed by atoms with Gasteiger partial charge in [0.1, 0.15) is 0 Å². The van der Waals surface area contributed by atoms with Gasteiger partial charge in [-0.15, -0.1) is 13.2 Å². The van der Waals surface area contributed by atoms with Gasteiger partial charge in [-0.2, -0.15) is 0 Å². The second-order valence-corrected chi connectivity index (χ2v) is 9.90. The molecule has 0 amide bonds. The molecule has 4 rings (SSSR count). The van der Waals surface area contributed by atoms with E-state index in [1.165, 1.54) is 0 Å². The summed E-state index contributed by atoms with van der Waals surface area (Å²) in [5.41, 5.74) is 1.40. The van der Waals surface area contributed by atoms with Crippen molar-refractivity contribution in [2.24, 2.45) is 22.7 Å². The predicted molar refractivity (Wildman–Crippen MR) is 140 cm³/mol. The van der Waals surface area contributed by atoms with Crippen molar-refractivity contribution in [2.75, 3.05) is 13.2 Å². The monoisotopic (exact) mass is 486 g/mol. The molecule has 0 aromatic heterocycles. The van der Waals surface area contributed by atoms with Crippen LogP contribution in [0.25, 0.3) is 11.1 Å². The molecule has 2 bridgehead atoms. The number of carbonyl (C=O) groups is 2. The minimum Gasteiger partial charge on any atom is -0.465 e. The average Bonchev–Trinajstić information content (AvgIpc) is 3.18. The molecule has 36 heavy (non-hydrogen) atoms. The first kappa shape index (κ1) is 25.6. The highest BCUT2D eigenvalue weighted by Gasteiger charge is 2.76. The van der Waals surface area contributed by atoms with Crippen molar-refractivity contribution in [1.29, 1.82) is 0 Å². The van der Waals surface area contributed by atoms with Crippen molar-refractivity contribution in [3.63, 3.8) is 0 Å². The molecular formula is C31H34O5. The summed E-state index contributed by atoms with van der Waals surface area (Å²) < 4.78 is 11.3. The summed E-state index contributed by atoms with van der Waals surface area (Å²) in [4.78, 5) is 27.3. The van der Waals surface area contributed by atoms with E-state index in [9.17, 15) is 14.7 Å². The molecule has 5 nitrogen and oxygen atoms in total. The van der Waals surface area contributed by atoms with Crippen LogP contribution in [0.4, 0.5) is 0 Å². The Morgan fingerprint density at radius 2 is 1.14 bits per heavy atom. The number of benzene rings is 2. The Morgan fingerprint density at radius 1 is 0.778 bits per heavy atom. The first-order chi connectivity index (χ1) is 17.3. The van der Waals surface area contributed by atoms with Crippen molar-refractivity contribution in [3.8, 4) is 0 Å². The summed E-state index contributed by atoms with van der Waals surface area (Å²) in [6, 6.07) is 19.6. The van der Waals surface area contributed by atoms with E-state index in [0.29, 0.717) is 12.8 Å². The van der Waals surface area contributed by atoms with Crippen LogP contribution in [-0.2, 0) is 19.1 Å². The highest BCUT2D eigenvalue weighted by atomic mass is 16.5. The number of esters is 2. The fourth-order valence-electron chi connectivity index (χ4n) is 6.33. The number of aliphatic hydroxyl groups excluding tert-OH is 1. The molecule has 0 saturated heterocycles. The Labute approximate surface area is 213 Å². The van der Waals surface area contributed by atoms with E-state index in [1.54, 1.807) is 12.2 Å². The summed E-state index contributed by atoms with van der Waals surface area (Å²) in [5, 5.41) is 12.0. The number of carbonyl (C=O) groups excluding carboxylic acids is 2. The largest absolute Gasteiger partial charge is 0.465 e. The van der Waals surface area contributed by atoms with Gasteiger partial charge in [0.15, 0.2) is 0 Å². The van der Waals surface area contributed by atoms with Crippen LogP contribution in [-0.4, -0.2) is 36.4 Å². The van der Waals surface area contributed by atoms with Gasteiger partial charge in [0.2, 0.25) is 0 Å². The highest BCUT2D eigenvalue weighted by molar-refractivity contribution is 6.06. The third-order valence-corrected chi connectivity index (χ3v) is 7.85. The van der Waals surface area contributed by atoms with E-state index >= 15 is 0 Å². The summed E-state index contributed by atoms with van der Waals surface area (Å²) in [7, 11) is 0. The van der Waals surface area contributed by atoms with Crippen molar-refractivity contribution in [1.82, 2.24) is 0 Å². The number of hydrogen-bond acceptors (Lipinski definition) is 5. The molecular weight excluding hydrogens is 452 g/mol. The Hall–Kier alpha value is -3.44. The van der Waals surface area contributed by atoms with Crippen LogP contribution in [0.3, 0.4) is 0 Å². The van der Waals surface area contributed by atoms with Gasteiger partial charge in [-0.3, -0.25) is 9.59 Å². The molecule has 0 aliphatic heterocycles. The molecule has 4 unspecified atom stereocenters. The van der Waals surface area contributed by atoms with Gasteiger partial charge in [-0.25, -0.2) is 0 Å². The Morgan fingerprint density at radius 3 is 1.47 bits per heavy atom. The van der Waals surface area contributed by atoms with Gasteiger partial charge < -0.3 is 14.6 Å². The van der Waals surface area contributed by atoms with Crippen molar-refractivity contribution in [2.45, 2.75) is 32.8 Å². The molecule has 0 spiro atoms. The smallest absolute Gasteiger partial charge is 0.310 e. The Bertz CT molecular complexity index is 1080. The Balaban J connectivity index is 1.95. The van der Waals surface area contributed by atoms with Crippen molar-refractivity contribution in [3.05, 3.63) is 97.1 Å². The minimum absolute atomic E-state index is 0.163. The van der Waals surface area contributed by atoms with Gasteiger partial charge in [-0.05, 0) is 35.1 Å². The van der Waals surface area contributed by atoms with E-state index in [1.807, 2.05) is 74.5 Å². The van der Waals surface area contributed by atoms with Crippen LogP contribution < -0.4 is 0 Å². The van der Waals surface area contributed by atoms with Gasteiger partial charge in [0.05, 0.1) is 31.2 Å². The van der Waals surface area contributed by atoms with Crippen LogP contribution in [0, 0.1) is 22.7 Å². The zero-order valence-corrected chi connectivity index (χ0v) is 21.0. The fourth-order valence-corrected chi connectivity index (χ4v) is 6.33. The SMILES string of the molecule is C=CCCOC(=O)C1C(C(=O)OCCC=C)C2(C)C(c3ccccc3)=C(c3ccccc3)C1(C)C2O. The second-order valence-electron chi connectivity index (χ2n) is 9.90. The summed E-state index contributed by atoms with van der Waals surface area (Å²) >= 11 is 0. The zero-order valence-electron chi connectivity index (χ0n) is 21.0. The number of ether oxygens (including phenoxy) is 2. The molecule has 2 aliphatic carbocycles. The molecule has 1 saturated carbocycles. The lowest BCUT2D eigenvalue weighted by molar-refractivity contribution is -0.163. The molecule has 2 aromatic rings. The summed E-state index contributed by atoms with van der Waals surface area (Å²) in [6.07, 6.45) is 3.34. The number of aliphatic hydroxyl groups is 1. The van der Waals surface area contributed by atoms with Crippen molar-refractivity contribution >= 4 is 23.1 Å². The van der Waals surface area contributed by atoms with Gasteiger partial charge >= 0.3 is 11.9 Å². The van der Waals surface area contributed by atoms with Gasteiger partial charge in [0.25, 0.3) is 0 Å². The average molecular weight is 487 g/mol. The van der Waals surface area contributed by atoms with Crippen LogP contribution in [0.5, 0.6) is 0 Å². The maximum atomic E-state index is 13.7. The first-order valence-electron chi connectivity index (χ1n) is 12.4. The lowest BCUT2D eigenvalue weighted by atomic mass is 9.62. The minimum atomic E-state index is -1.07. The fraction of sp³-hybridized carbons (Fsp3) is 0.355. The number of fused-ring (bicyclic) bond motifs is 2. The standard InChI is InChI=1S/C31H34O5/c1-5-7-19-35-27(32)25-26(28(33)36-20-8-6-2)31(4)24(22-17-13-10-14-18-22)23(30(25,3)29(31)34)21-15-11-9-12-16-21/h5-6,9-18,25-26,29,34H,1-2,7-8,19-20H2,3-4H3. The maximum absolute atomic E-state index is 13.7. The summed E-state index contributed by atoms with van der Waals surface area (Å²) in [6.45, 7) is 11.5. The molecule has 1 fully saturated rings. The van der Waals surface area contributed by atoms with E-state index in [4.69, 9.17) is 9.47 Å². The molecule has 1 N–H and O–H groups in total. The molecule has 0 radical (unpaired) electrons. The third-order valence-electron chi connectivity index (χ3n) is 7.85. The quantitative estimate of drug-likeness (QED) is 0.274. The lowest BCUT2D eigenvalue weighted by Crippen LogP contribution is -2.44. The zero-order chi connectivity index (χ0) is 25.9. The molecule has 4 atom stereocenters. The number of rotatable bonds is 10. The van der Waals surface area contributed by atoms with Crippen LogP contribution >= 0.6 is 0 Å². The lowest BCUT2D eigenvalue weighted by Gasteiger charge is -2.40. The Kier molecular flexibility index (Phi) is 7.32. The topological polar surface area (TPSA) is 72.8 Å². The normalized spacial score (nSPS) is 28.6. The van der Waals surface area contributed by atoms with Crippen LogP contribution in [0.2, 0.25) is 0 Å². The maximum Gasteiger partial charge on any atom is 0.310 e. The molecule has 0 heterocycles. The van der Waals surface area contributed by atoms with E-state index in [-0.39, 0.29) is 13.2 Å². The summed E-state index contributed by atoms with van der Waals surface area (Å²) in [5.74, 6) is -2.84. The molecule has 2 aliphatic rings. The predicted octanol–water partition coefficient (Wildman–Crippen LogP) is 5.47. The van der Waals surface area contributed by atoms with Crippen molar-refractivity contribution < 1.29 is 24.2 Å². The first-order valence-corrected chi connectivity index (χ1v) is 12.4. The van der Waals surface area contributed by atoms with E-state index in [0.717, 1.165) is 22.3 Å². The van der Waals surface area contributed by atoms with E-state index < -0.39 is 40.7 Å². The van der Waals surface area contributed by atoms with Crippen LogP contribution in [0.1, 0.15) is 37.8 Å². The third kappa shape index (κ3) is 3.92. The van der Waals surface area contributed by atoms with E-state index in [2.05, 4.69) is 13.2 Å². The van der Waals surface area contributed by atoms with Crippen LogP contribution in [0.15, 0.2) is 86.0 Å². The molecule has 188 valence electrons. The van der Waals surface area contributed by atoms with Gasteiger partial charge in [-0.1, -0.05) is 86.7 Å². The van der Waals surface area contributed by atoms with Gasteiger partial charge in [0, 0.05) is 10.8 Å². The highest BCUT2D eigenvalue weighted by Crippen LogP contribution is 2.74. The number of hydrogen-bond donors (Lipinski definition) is 1. The second kappa shape index (κ2) is 10.3.